The minimum atomic E-state index is 0.745. The highest BCUT2D eigenvalue weighted by atomic mass is 14.8. The first-order valence-corrected chi connectivity index (χ1v) is 15.6. The number of nitrogens with zero attached hydrogens (tertiary/aromatic N) is 6. The Morgan fingerprint density at radius 3 is 0.604 bits per heavy atom. The maximum absolute atomic E-state index is 4.92. The summed E-state index contributed by atoms with van der Waals surface area (Å²) in [6, 6.07) is 35.6. The molecule has 48 heavy (non-hydrogen) atoms. The van der Waals surface area contributed by atoms with E-state index in [1.54, 1.807) is 0 Å². The SMILES string of the molecule is C1=CC(=Nc2cc(N=C3C=CC(=Nc4ccccc4)C=C3)cc(N=C3C=CC(=Nc4ccccc4)C=C3)c2)C=CC1=Nc1ccccc1. The molecule has 0 amide bonds. The van der Waals surface area contributed by atoms with Crippen molar-refractivity contribution in [1.29, 1.82) is 0 Å². The Balaban J connectivity index is 1.16. The van der Waals surface area contributed by atoms with E-state index in [0.29, 0.717) is 0 Å². The Labute approximate surface area is 279 Å². The van der Waals surface area contributed by atoms with Gasteiger partial charge in [0.1, 0.15) is 0 Å². The summed E-state index contributed by atoms with van der Waals surface area (Å²) in [5.74, 6) is 0. The molecule has 0 aliphatic heterocycles. The monoisotopic (exact) mass is 618 g/mol. The van der Waals surface area contributed by atoms with E-state index in [0.717, 1.165) is 68.4 Å². The molecule has 3 aliphatic carbocycles. The fourth-order valence-electron chi connectivity index (χ4n) is 4.98. The van der Waals surface area contributed by atoms with Crippen LogP contribution < -0.4 is 0 Å². The third-order valence-corrected chi connectivity index (χ3v) is 7.25. The Morgan fingerprint density at radius 2 is 0.396 bits per heavy atom. The Bertz CT molecular complexity index is 1870. The highest BCUT2D eigenvalue weighted by Gasteiger charge is 2.07. The van der Waals surface area contributed by atoms with Crippen molar-refractivity contribution in [2.24, 2.45) is 30.0 Å². The molecule has 0 heterocycles. The molecule has 6 heteroatoms. The standard InChI is InChI=1S/C42H30N6/c1-4-10-31(11-5-1)43-34-16-22-37(23-17-34)46-40-28-41(47-38-24-18-35(19-25-38)44-32-12-6-2-7-13-32)30-42(29-40)48-39-26-20-36(21-27-39)45-33-14-8-3-9-15-33/h1-30H. The molecule has 0 fully saturated rings. The van der Waals surface area contributed by atoms with E-state index in [9.17, 15) is 0 Å². The molecule has 0 aromatic heterocycles. The van der Waals surface area contributed by atoms with Gasteiger partial charge >= 0.3 is 0 Å². The summed E-state index contributed by atoms with van der Waals surface area (Å²) in [5, 5.41) is 0. The van der Waals surface area contributed by atoms with Gasteiger partial charge in [-0.05, 0) is 128 Å². The smallest absolute Gasteiger partial charge is 0.0679 e. The molecule has 7 rings (SSSR count). The van der Waals surface area contributed by atoms with Crippen LogP contribution >= 0.6 is 0 Å². The summed E-state index contributed by atoms with van der Waals surface area (Å²) in [4.78, 5) is 28.8. The van der Waals surface area contributed by atoms with Gasteiger partial charge in [0, 0.05) is 0 Å². The Morgan fingerprint density at radius 1 is 0.208 bits per heavy atom. The number of allylic oxidation sites excluding steroid dienone is 12. The van der Waals surface area contributed by atoms with Crippen LogP contribution in [0.1, 0.15) is 0 Å². The van der Waals surface area contributed by atoms with Gasteiger partial charge in [-0.25, -0.2) is 30.0 Å². The van der Waals surface area contributed by atoms with Crippen molar-refractivity contribution in [2.75, 3.05) is 0 Å². The summed E-state index contributed by atoms with van der Waals surface area (Å²) in [7, 11) is 0. The van der Waals surface area contributed by atoms with Gasteiger partial charge in [0.05, 0.1) is 68.4 Å². The molecule has 3 aliphatic rings. The van der Waals surface area contributed by atoms with Crippen molar-refractivity contribution >= 4 is 68.4 Å². The average Bonchev–Trinajstić information content (AvgIpc) is 3.12. The normalized spacial score (nSPS) is 14.8. The summed E-state index contributed by atoms with van der Waals surface area (Å²) in [5.41, 5.74) is 9.98. The molecule has 0 N–H and O–H groups in total. The van der Waals surface area contributed by atoms with Crippen LogP contribution in [0.2, 0.25) is 0 Å². The highest BCUT2D eigenvalue weighted by molar-refractivity contribution is 6.21. The predicted molar refractivity (Wildman–Crippen MR) is 203 cm³/mol. The lowest BCUT2D eigenvalue weighted by Gasteiger charge is -2.08. The molecule has 228 valence electrons. The molecule has 0 atom stereocenters. The first-order chi connectivity index (χ1) is 23.7. The minimum Gasteiger partial charge on any atom is -0.249 e. The molecule has 0 bridgehead atoms. The number of hydrogen-bond donors (Lipinski definition) is 0. The van der Waals surface area contributed by atoms with Crippen molar-refractivity contribution in [2.45, 2.75) is 0 Å². The third-order valence-electron chi connectivity index (χ3n) is 7.25. The van der Waals surface area contributed by atoms with Gasteiger partial charge in [-0.2, -0.15) is 0 Å². The third kappa shape index (κ3) is 8.33. The summed E-state index contributed by atoms with van der Waals surface area (Å²) in [6.07, 6.45) is 23.6. The highest BCUT2D eigenvalue weighted by Crippen LogP contribution is 2.30. The second-order valence-corrected chi connectivity index (χ2v) is 10.9. The lowest BCUT2D eigenvalue weighted by molar-refractivity contribution is 1.43. The fourth-order valence-corrected chi connectivity index (χ4v) is 4.98. The van der Waals surface area contributed by atoms with Crippen LogP contribution in [-0.2, 0) is 0 Å². The van der Waals surface area contributed by atoms with Crippen LogP contribution in [0.3, 0.4) is 0 Å². The number of hydrogen-bond acceptors (Lipinski definition) is 6. The first-order valence-electron chi connectivity index (χ1n) is 15.6. The quantitative estimate of drug-likeness (QED) is 0.193. The van der Waals surface area contributed by atoms with E-state index >= 15 is 0 Å². The van der Waals surface area contributed by atoms with E-state index in [-0.39, 0.29) is 0 Å². The van der Waals surface area contributed by atoms with Crippen LogP contribution in [0, 0.1) is 0 Å². The van der Waals surface area contributed by atoms with E-state index in [4.69, 9.17) is 15.0 Å². The van der Waals surface area contributed by atoms with Gasteiger partial charge < -0.3 is 0 Å². The zero-order chi connectivity index (χ0) is 32.4. The predicted octanol–water partition coefficient (Wildman–Crippen LogP) is 10.6. The van der Waals surface area contributed by atoms with Crippen molar-refractivity contribution < 1.29 is 0 Å². The fraction of sp³-hybridized carbons (Fsp3) is 0. The van der Waals surface area contributed by atoms with E-state index < -0.39 is 0 Å². The van der Waals surface area contributed by atoms with Crippen LogP contribution in [0.15, 0.2) is 212 Å². The molecule has 6 nitrogen and oxygen atoms in total. The maximum atomic E-state index is 4.92. The number of rotatable bonds is 6. The van der Waals surface area contributed by atoms with Crippen molar-refractivity contribution in [3.05, 3.63) is 182 Å². The first kappa shape index (κ1) is 30.0. The Hall–Kier alpha value is -6.66. The summed E-state index contributed by atoms with van der Waals surface area (Å²) in [6.45, 7) is 0. The molecule has 0 unspecified atom stereocenters. The molecule has 0 saturated heterocycles. The van der Waals surface area contributed by atoms with Gasteiger partial charge in [0.2, 0.25) is 0 Å². The second kappa shape index (κ2) is 14.6. The van der Waals surface area contributed by atoms with Gasteiger partial charge in [-0.3, -0.25) is 0 Å². The van der Waals surface area contributed by atoms with Crippen LogP contribution in [0.5, 0.6) is 0 Å². The number of aliphatic imine (C=N–C) groups is 6. The Kier molecular flexibility index (Phi) is 9.15. The zero-order valence-electron chi connectivity index (χ0n) is 26.0. The van der Waals surface area contributed by atoms with Gasteiger partial charge in [0.25, 0.3) is 0 Å². The molecule has 4 aromatic carbocycles. The molecule has 4 aromatic rings. The van der Waals surface area contributed by atoms with Crippen LogP contribution in [0.4, 0.5) is 34.1 Å². The van der Waals surface area contributed by atoms with Gasteiger partial charge in [0.15, 0.2) is 0 Å². The van der Waals surface area contributed by atoms with Crippen molar-refractivity contribution in [3.63, 3.8) is 0 Å². The molecular weight excluding hydrogens is 589 g/mol. The topological polar surface area (TPSA) is 74.2 Å². The van der Waals surface area contributed by atoms with E-state index in [2.05, 4.69) is 15.0 Å². The zero-order valence-corrected chi connectivity index (χ0v) is 26.0. The lowest BCUT2D eigenvalue weighted by atomic mass is 10.1. The summed E-state index contributed by atoms with van der Waals surface area (Å²) < 4.78 is 0. The molecule has 0 saturated carbocycles. The molecule has 0 radical (unpaired) electrons. The van der Waals surface area contributed by atoms with Crippen molar-refractivity contribution in [3.8, 4) is 0 Å². The minimum absolute atomic E-state index is 0.745. The van der Waals surface area contributed by atoms with Gasteiger partial charge in [-0.1, -0.05) is 54.6 Å². The van der Waals surface area contributed by atoms with E-state index in [1.807, 2.05) is 182 Å². The lowest BCUT2D eigenvalue weighted by Crippen LogP contribution is -2.00. The number of para-hydroxylation sites is 3. The largest absolute Gasteiger partial charge is 0.249 e. The van der Waals surface area contributed by atoms with Gasteiger partial charge in [-0.15, -0.1) is 0 Å². The summed E-state index contributed by atoms with van der Waals surface area (Å²) >= 11 is 0. The second-order valence-electron chi connectivity index (χ2n) is 10.9. The molecule has 0 spiro atoms. The van der Waals surface area contributed by atoms with Crippen LogP contribution in [0.25, 0.3) is 0 Å². The van der Waals surface area contributed by atoms with Crippen LogP contribution in [-0.4, -0.2) is 34.3 Å². The molecular formula is C42H30N6. The average molecular weight is 619 g/mol. The van der Waals surface area contributed by atoms with E-state index in [1.165, 1.54) is 0 Å². The number of benzene rings is 4. The van der Waals surface area contributed by atoms with Crippen molar-refractivity contribution in [1.82, 2.24) is 0 Å². The maximum Gasteiger partial charge on any atom is 0.0679 e.